The molecule has 1 heterocycles. The van der Waals surface area contributed by atoms with Crippen molar-refractivity contribution < 1.29 is 5.11 Å². The van der Waals surface area contributed by atoms with Gasteiger partial charge in [0.2, 0.25) is 0 Å². The number of aliphatic hydroxyl groups excluding tert-OH is 1. The third-order valence-corrected chi connectivity index (χ3v) is 2.81. The second kappa shape index (κ2) is 5.39. The van der Waals surface area contributed by atoms with Crippen molar-refractivity contribution in [3.05, 3.63) is 49.4 Å². The minimum atomic E-state index is -0.00454. The molecule has 4 heteroatoms. The van der Waals surface area contributed by atoms with Crippen molar-refractivity contribution in [1.82, 2.24) is 9.80 Å². The van der Waals surface area contributed by atoms with Gasteiger partial charge in [0.25, 0.3) is 0 Å². The number of aliphatic hydroxyl groups is 1. The summed E-state index contributed by atoms with van der Waals surface area (Å²) >= 11 is 0. The fraction of sp³-hybridized carbons (Fsp3) is 0.308. The van der Waals surface area contributed by atoms with Crippen molar-refractivity contribution in [3.63, 3.8) is 0 Å². The molecule has 0 aromatic rings. The summed E-state index contributed by atoms with van der Waals surface area (Å²) in [6.45, 7) is 11.5. The van der Waals surface area contributed by atoms with Crippen LogP contribution in [0.3, 0.4) is 0 Å². The fourth-order valence-corrected chi connectivity index (χ4v) is 1.96. The maximum Gasteiger partial charge on any atom is 0.150 e. The first-order valence-corrected chi connectivity index (χ1v) is 5.44. The smallest absolute Gasteiger partial charge is 0.150 e. The Balaban J connectivity index is 3.20. The number of amidine groups is 1. The van der Waals surface area contributed by atoms with E-state index < -0.39 is 0 Å². The Morgan fingerprint density at radius 2 is 2.06 bits per heavy atom. The third-order valence-electron chi connectivity index (χ3n) is 2.81. The molecular formula is C13H19N3O. The monoisotopic (exact) mass is 233 g/mol. The molecule has 0 aliphatic carbocycles. The van der Waals surface area contributed by atoms with Crippen LogP contribution in [0.5, 0.6) is 0 Å². The van der Waals surface area contributed by atoms with Crippen LogP contribution in [0.4, 0.5) is 0 Å². The Labute approximate surface area is 102 Å². The molecule has 0 aromatic carbocycles. The van der Waals surface area contributed by atoms with E-state index in [1.807, 2.05) is 11.9 Å². The summed E-state index contributed by atoms with van der Waals surface area (Å²) in [6.07, 6.45) is 5.61. The molecule has 4 nitrogen and oxygen atoms in total. The van der Waals surface area contributed by atoms with E-state index in [1.165, 1.54) is 6.08 Å². The van der Waals surface area contributed by atoms with E-state index in [0.717, 1.165) is 0 Å². The van der Waals surface area contributed by atoms with Gasteiger partial charge in [-0.2, -0.15) is 0 Å². The van der Waals surface area contributed by atoms with Crippen LogP contribution in [0.1, 0.15) is 6.42 Å². The number of hydrogen-bond donors (Lipinski definition) is 2. The highest BCUT2D eigenvalue weighted by Gasteiger charge is 2.37. The van der Waals surface area contributed by atoms with Crippen molar-refractivity contribution >= 4 is 5.84 Å². The Hall–Kier alpha value is -1.97. The summed E-state index contributed by atoms with van der Waals surface area (Å²) in [4.78, 5) is 3.73. The molecule has 2 N–H and O–H groups in total. The predicted octanol–water partition coefficient (Wildman–Crippen LogP) is 2.25. The zero-order valence-corrected chi connectivity index (χ0v) is 10.2. The Morgan fingerprint density at radius 3 is 2.53 bits per heavy atom. The molecule has 0 spiro atoms. The summed E-state index contributed by atoms with van der Waals surface area (Å²) in [5.74, 6) is 0.311. The molecule has 1 atom stereocenters. The standard InChI is InChI=1S/C13H19N3O/c1-5-8-11-15(4)13(14)12(10(17)7-3)16(11)9-6-2/h5-7,11,14,17H,1-3,8-9H2,4H3. The third kappa shape index (κ3) is 2.25. The predicted molar refractivity (Wildman–Crippen MR) is 70.8 cm³/mol. The zero-order valence-electron chi connectivity index (χ0n) is 10.2. The molecule has 0 aromatic heterocycles. The Morgan fingerprint density at radius 1 is 1.41 bits per heavy atom. The van der Waals surface area contributed by atoms with Gasteiger partial charge in [-0.25, -0.2) is 0 Å². The SMILES string of the molecule is C=CCC1N(C)C(=N)C(=C(O)C=C)N1CC=C. The van der Waals surface area contributed by atoms with Gasteiger partial charge in [-0.15, -0.1) is 13.2 Å². The van der Waals surface area contributed by atoms with Gasteiger partial charge in [-0.3, -0.25) is 5.41 Å². The molecule has 0 amide bonds. The maximum absolute atomic E-state index is 9.82. The fourth-order valence-electron chi connectivity index (χ4n) is 1.96. The molecule has 0 radical (unpaired) electrons. The van der Waals surface area contributed by atoms with Crippen LogP contribution in [0.25, 0.3) is 0 Å². The van der Waals surface area contributed by atoms with Gasteiger partial charge in [-0.1, -0.05) is 18.7 Å². The number of nitrogens with zero attached hydrogens (tertiary/aromatic N) is 2. The first-order valence-electron chi connectivity index (χ1n) is 5.44. The van der Waals surface area contributed by atoms with E-state index in [-0.39, 0.29) is 17.8 Å². The van der Waals surface area contributed by atoms with Gasteiger partial charge >= 0.3 is 0 Å². The lowest BCUT2D eigenvalue weighted by molar-refractivity contribution is 0.202. The van der Waals surface area contributed by atoms with Crippen LogP contribution >= 0.6 is 0 Å². The van der Waals surface area contributed by atoms with Crippen LogP contribution in [0.15, 0.2) is 49.4 Å². The topological polar surface area (TPSA) is 50.6 Å². The molecule has 1 fully saturated rings. The van der Waals surface area contributed by atoms with Crippen LogP contribution in [0.2, 0.25) is 0 Å². The molecule has 1 aliphatic rings. The van der Waals surface area contributed by atoms with Crippen molar-refractivity contribution in [2.75, 3.05) is 13.6 Å². The lowest BCUT2D eigenvalue weighted by Gasteiger charge is -2.27. The molecule has 0 saturated carbocycles. The van der Waals surface area contributed by atoms with Gasteiger partial charge in [0.15, 0.2) is 0 Å². The lowest BCUT2D eigenvalue weighted by atomic mass is 10.2. The number of likely N-dealkylation sites (N-methyl/N-ethyl adjacent to an activating group) is 1. The summed E-state index contributed by atoms with van der Waals surface area (Å²) in [6, 6.07) is 0. The van der Waals surface area contributed by atoms with Gasteiger partial charge in [0.1, 0.15) is 23.5 Å². The minimum Gasteiger partial charge on any atom is -0.506 e. The number of rotatable bonds is 5. The molecule has 1 unspecified atom stereocenters. The van der Waals surface area contributed by atoms with Crippen LogP contribution in [0, 0.1) is 5.41 Å². The Bertz CT molecular complexity index is 384. The van der Waals surface area contributed by atoms with Crippen molar-refractivity contribution in [2.45, 2.75) is 12.6 Å². The van der Waals surface area contributed by atoms with E-state index in [0.29, 0.717) is 18.7 Å². The number of allylic oxidation sites excluding steroid dienone is 1. The molecule has 0 bridgehead atoms. The average Bonchev–Trinajstić information content (AvgIpc) is 2.54. The van der Waals surface area contributed by atoms with Crippen molar-refractivity contribution in [3.8, 4) is 0 Å². The second-order valence-corrected chi connectivity index (χ2v) is 3.84. The lowest BCUT2D eigenvalue weighted by Crippen LogP contribution is -2.36. The number of hydrogen-bond acceptors (Lipinski definition) is 3. The van der Waals surface area contributed by atoms with E-state index in [1.54, 1.807) is 17.1 Å². The minimum absolute atomic E-state index is 0.00454. The van der Waals surface area contributed by atoms with Crippen LogP contribution < -0.4 is 0 Å². The van der Waals surface area contributed by atoms with E-state index in [9.17, 15) is 5.11 Å². The van der Waals surface area contributed by atoms with Gasteiger partial charge < -0.3 is 14.9 Å². The van der Waals surface area contributed by atoms with E-state index in [2.05, 4.69) is 19.7 Å². The zero-order chi connectivity index (χ0) is 13.0. The summed E-state index contributed by atoms with van der Waals surface area (Å²) < 4.78 is 0. The highest BCUT2D eigenvalue weighted by molar-refractivity contribution is 5.98. The molecular weight excluding hydrogens is 214 g/mol. The molecule has 1 saturated heterocycles. The molecule has 1 rings (SSSR count). The molecule has 17 heavy (non-hydrogen) atoms. The first kappa shape index (κ1) is 13.1. The highest BCUT2D eigenvalue weighted by atomic mass is 16.3. The van der Waals surface area contributed by atoms with Gasteiger partial charge in [0.05, 0.1) is 0 Å². The quantitative estimate of drug-likeness (QED) is 0.565. The summed E-state index contributed by atoms with van der Waals surface area (Å²) in [5.41, 5.74) is 0.495. The molecule has 1 aliphatic heterocycles. The maximum atomic E-state index is 9.82. The van der Waals surface area contributed by atoms with E-state index in [4.69, 9.17) is 5.41 Å². The van der Waals surface area contributed by atoms with Crippen molar-refractivity contribution in [2.24, 2.45) is 0 Å². The highest BCUT2D eigenvalue weighted by Crippen LogP contribution is 2.28. The summed E-state index contributed by atoms with van der Waals surface area (Å²) in [7, 11) is 1.83. The Kier molecular flexibility index (Phi) is 4.15. The second-order valence-electron chi connectivity index (χ2n) is 3.84. The van der Waals surface area contributed by atoms with Crippen LogP contribution in [-0.4, -0.2) is 40.5 Å². The molecule has 92 valence electrons. The van der Waals surface area contributed by atoms with Crippen molar-refractivity contribution in [1.29, 1.82) is 5.41 Å². The van der Waals surface area contributed by atoms with E-state index >= 15 is 0 Å². The number of nitrogens with one attached hydrogen (secondary N) is 1. The van der Waals surface area contributed by atoms with Gasteiger partial charge in [-0.05, 0) is 6.08 Å². The largest absolute Gasteiger partial charge is 0.506 e. The first-order chi connectivity index (χ1) is 8.08. The average molecular weight is 233 g/mol. The van der Waals surface area contributed by atoms with Gasteiger partial charge in [0, 0.05) is 20.0 Å². The van der Waals surface area contributed by atoms with Crippen LogP contribution in [-0.2, 0) is 0 Å². The normalized spacial score (nSPS) is 22.6. The summed E-state index contributed by atoms with van der Waals surface area (Å²) in [5, 5.41) is 17.8.